The highest BCUT2D eigenvalue weighted by atomic mass is 79.9. The van der Waals surface area contributed by atoms with Gasteiger partial charge in [-0.3, -0.25) is 4.79 Å². The van der Waals surface area contributed by atoms with Crippen LogP contribution in [-0.2, 0) is 9.53 Å². The zero-order chi connectivity index (χ0) is 12.1. The van der Waals surface area contributed by atoms with Crippen molar-refractivity contribution in [3.63, 3.8) is 0 Å². The first-order valence-corrected chi connectivity index (χ1v) is 5.70. The van der Waals surface area contributed by atoms with Crippen LogP contribution >= 0.6 is 28.3 Å². The fourth-order valence-electron chi connectivity index (χ4n) is 1.31. The maximum atomic E-state index is 13.4. The molecular formula is C11H14BrClFNO2. The Morgan fingerprint density at radius 2 is 2.24 bits per heavy atom. The molecule has 1 rings (SSSR count). The van der Waals surface area contributed by atoms with E-state index in [1.807, 2.05) is 0 Å². The molecule has 1 aromatic carbocycles. The largest absolute Gasteiger partial charge is 0.466 e. The summed E-state index contributed by atoms with van der Waals surface area (Å²) in [5.74, 6) is -0.839. The Hall–Kier alpha value is -0.650. The Bertz CT molecular complexity index is 390. The summed E-state index contributed by atoms with van der Waals surface area (Å²) in [6.07, 6.45) is -0.0266. The van der Waals surface area contributed by atoms with Gasteiger partial charge >= 0.3 is 5.97 Å². The topological polar surface area (TPSA) is 52.3 Å². The molecule has 0 saturated carbocycles. The summed E-state index contributed by atoms with van der Waals surface area (Å²) in [5, 5.41) is 0. The molecule has 1 aromatic rings. The van der Waals surface area contributed by atoms with Crippen LogP contribution in [0.3, 0.4) is 0 Å². The molecule has 6 heteroatoms. The monoisotopic (exact) mass is 325 g/mol. The van der Waals surface area contributed by atoms with E-state index in [4.69, 9.17) is 10.5 Å². The molecule has 0 aromatic heterocycles. The van der Waals surface area contributed by atoms with Gasteiger partial charge < -0.3 is 10.5 Å². The molecular weight excluding hydrogens is 312 g/mol. The van der Waals surface area contributed by atoms with Crippen molar-refractivity contribution in [2.75, 3.05) is 6.61 Å². The van der Waals surface area contributed by atoms with Crippen molar-refractivity contribution in [1.82, 2.24) is 0 Å². The van der Waals surface area contributed by atoms with Gasteiger partial charge in [-0.25, -0.2) is 4.39 Å². The van der Waals surface area contributed by atoms with Gasteiger partial charge in [0.25, 0.3) is 0 Å². The van der Waals surface area contributed by atoms with E-state index in [2.05, 4.69) is 15.9 Å². The SMILES string of the molecule is CCOC(=O)C[C@H](N)c1cc(Br)ccc1F.Cl. The molecule has 0 bridgehead atoms. The molecule has 0 saturated heterocycles. The van der Waals surface area contributed by atoms with Crippen molar-refractivity contribution >= 4 is 34.3 Å². The molecule has 0 heterocycles. The Morgan fingerprint density at radius 3 is 2.82 bits per heavy atom. The molecule has 1 atom stereocenters. The zero-order valence-corrected chi connectivity index (χ0v) is 11.7. The maximum Gasteiger partial charge on any atom is 0.307 e. The number of esters is 1. The smallest absolute Gasteiger partial charge is 0.307 e. The number of rotatable bonds is 4. The van der Waals surface area contributed by atoms with Gasteiger partial charge in [0.15, 0.2) is 0 Å². The third-order valence-corrected chi connectivity index (χ3v) is 2.54. The average Bonchev–Trinajstić information content (AvgIpc) is 2.21. The Labute approximate surface area is 114 Å². The number of halogens is 3. The van der Waals surface area contributed by atoms with E-state index in [0.717, 1.165) is 4.47 Å². The van der Waals surface area contributed by atoms with Crippen LogP contribution in [-0.4, -0.2) is 12.6 Å². The lowest BCUT2D eigenvalue weighted by atomic mass is 10.0. The second-order valence-corrected chi connectivity index (χ2v) is 4.20. The van der Waals surface area contributed by atoms with E-state index in [1.54, 1.807) is 19.1 Å². The van der Waals surface area contributed by atoms with Gasteiger partial charge in [0, 0.05) is 16.1 Å². The molecule has 0 aliphatic rings. The van der Waals surface area contributed by atoms with Crippen LogP contribution in [0.5, 0.6) is 0 Å². The van der Waals surface area contributed by atoms with Crippen LogP contribution in [0.25, 0.3) is 0 Å². The predicted octanol–water partition coefficient (Wildman–Crippen LogP) is 2.96. The summed E-state index contributed by atoms with van der Waals surface area (Å²) in [5.41, 5.74) is 6.04. The highest BCUT2D eigenvalue weighted by Gasteiger charge is 2.16. The number of benzene rings is 1. The van der Waals surface area contributed by atoms with Crippen molar-refractivity contribution in [1.29, 1.82) is 0 Å². The number of carbonyl (C=O) groups excluding carboxylic acids is 1. The molecule has 0 spiro atoms. The van der Waals surface area contributed by atoms with Crippen LogP contribution in [0.2, 0.25) is 0 Å². The molecule has 2 N–H and O–H groups in total. The van der Waals surface area contributed by atoms with Crippen LogP contribution in [0.4, 0.5) is 4.39 Å². The number of hydrogen-bond acceptors (Lipinski definition) is 3. The lowest BCUT2D eigenvalue weighted by Gasteiger charge is -2.12. The standard InChI is InChI=1S/C11H13BrFNO2.ClH/c1-2-16-11(15)6-10(14)8-5-7(12)3-4-9(8)13;/h3-5,10H,2,6,14H2,1H3;1H/t10-;/m0./s1. The highest BCUT2D eigenvalue weighted by Crippen LogP contribution is 2.22. The first-order valence-electron chi connectivity index (χ1n) is 4.90. The van der Waals surface area contributed by atoms with E-state index >= 15 is 0 Å². The first kappa shape index (κ1) is 16.4. The molecule has 0 aliphatic heterocycles. The molecule has 0 fully saturated rings. The maximum absolute atomic E-state index is 13.4. The lowest BCUT2D eigenvalue weighted by molar-refractivity contribution is -0.143. The molecule has 0 radical (unpaired) electrons. The van der Waals surface area contributed by atoms with Crippen LogP contribution in [0, 0.1) is 5.82 Å². The van der Waals surface area contributed by atoms with Gasteiger partial charge in [0.05, 0.1) is 13.0 Å². The third-order valence-electron chi connectivity index (χ3n) is 2.05. The number of nitrogens with two attached hydrogens (primary N) is 1. The van der Waals surface area contributed by atoms with Gasteiger partial charge in [-0.15, -0.1) is 12.4 Å². The fraction of sp³-hybridized carbons (Fsp3) is 0.364. The van der Waals surface area contributed by atoms with Gasteiger partial charge in [-0.1, -0.05) is 15.9 Å². The molecule has 17 heavy (non-hydrogen) atoms. The van der Waals surface area contributed by atoms with Crippen molar-refractivity contribution in [3.05, 3.63) is 34.1 Å². The van der Waals surface area contributed by atoms with Gasteiger partial charge in [0.2, 0.25) is 0 Å². The average molecular weight is 327 g/mol. The van der Waals surface area contributed by atoms with E-state index in [0.29, 0.717) is 12.2 Å². The summed E-state index contributed by atoms with van der Waals surface area (Å²) < 4.78 is 18.9. The minimum absolute atomic E-state index is 0. The summed E-state index contributed by atoms with van der Waals surface area (Å²) in [6, 6.07) is 3.77. The van der Waals surface area contributed by atoms with Gasteiger partial charge in [-0.05, 0) is 25.1 Å². The quantitative estimate of drug-likeness (QED) is 0.866. The van der Waals surface area contributed by atoms with Crippen molar-refractivity contribution in [2.24, 2.45) is 5.73 Å². The summed E-state index contributed by atoms with van der Waals surface area (Å²) in [6.45, 7) is 2.01. The lowest BCUT2D eigenvalue weighted by Crippen LogP contribution is -2.18. The molecule has 0 aliphatic carbocycles. The minimum Gasteiger partial charge on any atom is -0.466 e. The highest BCUT2D eigenvalue weighted by molar-refractivity contribution is 9.10. The minimum atomic E-state index is -0.684. The third kappa shape index (κ3) is 5.02. The molecule has 0 unspecified atom stereocenters. The summed E-state index contributed by atoms with van der Waals surface area (Å²) in [7, 11) is 0. The van der Waals surface area contributed by atoms with E-state index in [1.165, 1.54) is 6.07 Å². The second kappa shape index (κ2) is 7.63. The van der Waals surface area contributed by atoms with Gasteiger partial charge in [0.1, 0.15) is 5.82 Å². The molecule has 3 nitrogen and oxygen atoms in total. The van der Waals surface area contributed by atoms with Gasteiger partial charge in [-0.2, -0.15) is 0 Å². The number of carbonyl (C=O) groups is 1. The second-order valence-electron chi connectivity index (χ2n) is 3.28. The summed E-state index contributed by atoms with van der Waals surface area (Å²) >= 11 is 3.22. The predicted molar refractivity (Wildman–Crippen MR) is 69.5 cm³/mol. The molecule has 96 valence electrons. The zero-order valence-electron chi connectivity index (χ0n) is 9.28. The Kier molecular flexibility index (Phi) is 7.34. The first-order chi connectivity index (χ1) is 7.54. The van der Waals surface area contributed by atoms with Crippen molar-refractivity contribution in [3.8, 4) is 0 Å². The fourth-order valence-corrected chi connectivity index (χ4v) is 1.69. The van der Waals surface area contributed by atoms with E-state index < -0.39 is 17.8 Å². The van der Waals surface area contributed by atoms with Crippen molar-refractivity contribution in [2.45, 2.75) is 19.4 Å². The summed E-state index contributed by atoms with van der Waals surface area (Å²) in [4.78, 5) is 11.2. The van der Waals surface area contributed by atoms with E-state index in [-0.39, 0.29) is 18.8 Å². The van der Waals surface area contributed by atoms with Crippen LogP contribution in [0.15, 0.2) is 22.7 Å². The number of ether oxygens (including phenoxy) is 1. The number of hydrogen-bond donors (Lipinski definition) is 1. The van der Waals surface area contributed by atoms with Crippen LogP contribution < -0.4 is 5.73 Å². The normalized spacial score (nSPS) is 11.5. The van der Waals surface area contributed by atoms with E-state index in [9.17, 15) is 9.18 Å². The molecule has 0 amide bonds. The Morgan fingerprint density at radius 1 is 1.59 bits per heavy atom. The van der Waals surface area contributed by atoms with Crippen molar-refractivity contribution < 1.29 is 13.9 Å². The Balaban J connectivity index is 0.00000256. The van der Waals surface area contributed by atoms with Crippen LogP contribution in [0.1, 0.15) is 24.9 Å².